The number of ketones is 1. The Morgan fingerprint density at radius 2 is 1.85 bits per heavy atom. The van der Waals surface area contributed by atoms with E-state index in [1.54, 1.807) is 13.0 Å². The summed E-state index contributed by atoms with van der Waals surface area (Å²) in [6.07, 6.45) is 0.247. The van der Waals surface area contributed by atoms with E-state index in [9.17, 15) is 9.18 Å². The molecule has 3 heteroatoms. The van der Waals surface area contributed by atoms with Crippen molar-refractivity contribution in [3.05, 3.63) is 65.0 Å². The molecule has 2 aromatic rings. The van der Waals surface area contributed by atoms with Crippen molar-refractivity contribution >= 4 is 5.78 Å². The van der Waals surface area contributed by atoms with Gasteiger partial charge >= 0.3 is 0 Å². The molecule has 2 rings (SSSR count). The molecule has 0 heterocycles. The van der Waals surface area contributed by atoms with Crippen LogP contribution in [0.5, 0.6) is 5.75 Å². The number of aryl methyl sites for hydroxylation is 1. The van der Waals surface area contributed by atoms with Crippen LogP contribution in [0.3, 0.4) is 0 Å². The van der Waals surface area contributed by atoms with E-state index in [-0.39, 0.29) is 18.0 Å². The molecular formula is C17H17FO2. The van der Waals surface area contributed by atoms with Crippen LogP contribution in [0.2, 0.25) is 0 Å². The minimum Gasteiger partial charge on any atom is -0.486 e. The van der Waals surface area contributed by atoms with Crippen molar-refractivity contribution in [1.29, 1.82) is 0 Å². The number of hydrogen-bond acceptors (Lipinski definition) is 2. The largest absolute Gasteiger partial charge is 0.486 e. The predicted octanol–water partition coefficient (Wildman–Crippen LogP) is 3.84. The second-order valence-corrected chi connectivity index (χ2v) is 4.88. The molecule has 0 fully saturated rings. The van der Waals surface area contributed by atoms with E-state index < -0.39 is 5.82 Å². The van der Waals surface area contributed by atoms with Crippen molar-refractivity contribution in [2.24, 2.45) is 0 Å². The van der Waals surface area contributed by atoms with Crippen molar-refractivity contribution < 1.29 is 13.9 Å². The molecule has 0 bridgehead atoms. The number of carbonyl (C=O) groups excluding carboxylic acids is 1. The summed E-state index contributed by atoms with van der Waals surface area (Å²) >= 11 is 0. The third-order valence-electron chi connectivity index (χ3n) is 2.97. The van der Waals surface area contributed by atoms with Gasteiger partial charge in [-0.3, -0.25) is 4.79 Å². The maximum atomic E-state index is 14.0. The average Bonchev–Trinajstić information content (AvgIpc) is 2.38. The number of Topliss-reactive ketones (excluding diaryl/α,β-unsaturated/α-hetero) is 1. The summed E-state index contributed by atoms with van der Waals surface area (Å²) in [4.78, 5) is 11.1. The van der Waals surface area contributed by atoms with Gasteiger partial charge in [0, 0.05) is 6.42 Å². The summed E-state index contributed by atoms with van der Waals surface area (Å²) < 4.78 is 19.6. The van der Waals surface area contributed by atoms with Crippen molar-refractivity contribution in [3.63, 3.8) is 0 Å². The van der Waals surface area contributed by atoms with Gasteiger partial charge in [0.2, 0.25) is 0 Å². The van der Waals surface area contributed by atoms with E-state index in [2.05, 4.69) is 0 Å². The van der Waals surface area contributed by atoms with Crippen LogP contribution in [0.15, 0.2) is 42.5 Å². The Kier molecular flexibility index (Phi) is 4.51. The highest BCUT2D eigenvalue weighted by Gasteiger charge is 2.11. The summed E-state index contributed by atoms with van der Waals surface area (Å²) in [6, 6.07) is 12.8. The first kappa shape index (κ1) is 14.3. The van der Waals surface area contributed by atoms with Gasteiger partial charge < -0.3 is 4.74 Å². The first-order chi connectivity index (χ1) is 9.56. The molecular weight excluding hydrogens is 255 g/mol. The number of ether oxygens (including phenoxy) is 1. The van der Waals surface area contributed by atoms with Crippen LogP contribution in [-0.4, -0.2) is 5.78 Å². The molecule has 0 spiro atoms. The van der Waals surface area contributed by atoms with Gasteiger partial charge in [-0.25, -0.2) is 4.39 Å². The van der Waals surface area contributed by atoms with Crippen LogP contribution in [0.1, 0.15) is 23.6 Å². The summed E-state index contributed by atoms with van der Waals surface area (Å²) in [5.74, 6) is -0.153. The van der Waals surface area contributed by atoms with Gasteiger partial charge in [0.25, 0.3) is 0 Å². The smallest absolute Gasteiger partial charge is 0.165 e. The summed E-state index contributed by atoms with van der Waals surface area (Å²) in [6.45, 7) is 3.60. The first-order valence-electron chi connectivity index (χ1n) is 6.51. The molecule has 0 saturated carbocycles. The second-order valence-electron chi connectivity index (χ2n) is 4.88. The Morgan fingerprint density at radius 3 is 2.45 bits per heavy atom. The molecule has 104 valence electrons. The van der Waals surface area contributed by atoms with Gasteiger partial charge in [-0.05, 0) is 36.6 Å². The highest BCUT2D eigenvalue weighted by atomic mass is 19.1. The lowest BCUT2D eigenvalue weighted by Crippen LogP contribution is -2.02. The van der Waals surface area contributed by atoms with Crippen molar-refractivity contribution in [1.82, 2.24) is 0 Å². The zero-order chi connectivity index (χ0) is 14.5. The van der Waals surface area contributed by atoms with Gasteiger partial charge in [0.05, 0.1) is 0 Å². The number of benzene rings is 2. The minimum atomic E-state index is -0.419. The monoisotopic (exact) mass is 272 g/mol. The molecule has 0 aromatic heterocycles. The third kappa shape index (κ3) is 3.67. The van der Waals surface area contributed by atoms with Crippen LogP contribution < -0.4 is 4.74 Å². The molecule has 0 amide bonds. The fourth-order valence-electron chi connectivity index (χ4n) is 2.10. The van der Waals surface area contributed by atoms with Gasteiger partial charge in [0.15, 0.2) is 11.6 Å². The Balaban J connectivity index is 2.14. The van der Waals surface area contributed by atoms with Crippen molar-refractivity contribution in [2.75, 3.05) is 0 Å². The Bertz CT molecular complexity index is 583. The number of halogens is 1. The maximum Gasteiger partial charge on any atom is 0.165 e. The fraction of sp³-hybridized carbons (Fsp3) is 0.235. The van der Waals surface area contributed by atoms with Crippen LogP contribution >= 0.6 is 0 Å². The van der Waals surface area contributed by atoms with E-state index in [4.69, 9.17) is 4.74 Å². The Morgan fingerprint density at radius 1 is 1.15 bits per heavy atom. The molecule has 20 heavy (non-hydrogen) atoms. The van der Waals surface area contributed by atoms with E-state index in [0.29, 0.717) is 17.7 Å². The molecule has 0 saturated heterocycles. The lowest BCUT2D eigenvalue weighted by atomic mass is 10.1. The van der Waals surface area contributed by atoms with Crippen molar-refractivity contribution in [3.8, 4) is 5.75 Å². The fourth-order valence-corrected chi connectivity index (χ4v) is 2.10. The molecule has 0 aliphatic carbocycles. The lowest BCUT2D eigenvalue weighted by molar-refractivity contribution is -0.116. The average molecular weight is 272 g/mol. The highest BCUT2D eigenvalue weighted by Crippen LogP contribution is 2.25. The Labute approximate surface area is 118 Å². The van der Waals surface area contributed by atoms with Crippen LogP contribution in [0.25, 0.3) is 0 Å². The molecule has 0 radical (unpaired) electrons. The molecule has 0 atom stereocenters. The van der Waals surface area contributed by atoms with Crippen LogP contribution in [-0.2, 0) is 17.8 Å². The second kappa shape index (κ2) is 6.33. The van der Waals surface area contributed by atoms with Gasteiger partial charge in [-0.2, -0.15) is 0 Å². The van der Waals surface area contributed by atoms with Crippen LogP contribution in [0.4, 0.5) is 4.39 Å². The predicted molar refractivity (Wildman–Crippen MR) is 76.3 cm³/mol. The zero-order valence-electron chi connectivity index (χ0n) is 11.7. The third-order valence-corrected chi connectivity index (χ3v) is 2.97. The first-order valence-corrected chi connectivity index (χ1v) is 6.51. The van der Waals surface area contributed by atoms with E-state index in [1.807, 2.05) is 30.3 Å². The number of hydrogen-bond donors (Lipinski definition) is 0. The van der Waals surface area contributed by atoms with Crippen LogP contribution in [0, 0.1) is 12.7 Å². The van der Waals surface area contributed by atoms with E-state index >= 15 is 0 Å². The van der Waals surface area contributed by atoms with Crippen molar-refractivity contribution in [2.45, 2.75) is 26.9 Å². The lowest BCUT2D eigenvalue weighted by Gasteiger charge is -2.12. The zero-order valence-corrected chi connectivity index (χ0v) is 11.7. The topological polar surface area (TPSA) is 26.3 Å². The molecule has 0 aliphatic rings. The summed E-state index contributed by atoms with van der Waals surface area (Å²) in [5, 5.41) is 0. The van der Waals surface area contributed by atoms with Gasteiger partial charge in [0.1, 0.15) is 12.4 Å². The summed E-state index contributed by atoms with van der Waals surface area (Å²) in [7, 11) is 0. The maximum absolute atomic E-state index is 14.0. The van der Waals surface area contributed by atoms with Gasteiger partial charge in [-0.15, -0.1) is 0 Å². The van der Waals surface area contributed by atoms with Gasteiger partial charge in [-0.1, -0.05) is 36.4 Å². The minimum absolute atomic E-state index is 0.0155. The highest BCUT2D eigenvalue weighted by molar-refractivity contribution is 5.78. The number of rotatable bonds is 5. The van der Waals surface area contributed by atoms with E-state index in [0.717, 1.165) is 5.56 Å². The molecule has 0 N–H and O–H groups in total. The normalized spacial score (nSPS) is 10.3. The van der Waals surface area contributed by atoms with E-state index in [1.165, 1.54) is 13.0 Å². The molecule has 0 aliphatic heterocycles. The number of carbonyl (C=O) groups is 1. The summed E-state index contributed by atoms with van der Waals surface area (Å²) in [5.41, 5.74) is 2.37. The molecule has 0 unspecified atom stereocenters. The molecule has 2 aromatic carbocycles. The quantitative estimate of drug-likeness (QED) is 0.826. The Hall–Kier alpha value is -2.16. The standard InChI is InChI=1S/C17H17FO2/c1-12-8-15(9-13(2)19)10-16(18)17(12)20-11-14-6-4-3-5-7-14/h3-8,10H,9,11H2,1-2H3. The SMILES string of the molecule is CC(=O)Cc1cc(C)c(OCc2ccccc2)c(F)c1. The molecule has 2 nitrogen and oxygen atoms in total.